The van der Waals surface area contributed by atoms with Gasteiger partial charge in [0.25, 0.3) is 0 Å². The Morgan fingerprint density at radius 2 is 1.92 bits per heavy atom. The van der Waals surface area contributed by atoms with Crippen molar-refractivity contribution in [3.8, 4) is 0 Å². The summed E-state index contributed by atoms with van der Waals surface area (Å²) >= 11 is 0. The summed E-state index contributed by atoms with van der Waals surface area (Å²) in [6.07, 6.45) is 12.4. The Morgan fingerprint density at radius 1 is 1.25 bits per heavy atom. The van der Waals surface area contributed by atoms with Gasteiger partial charge in [0.05, 0.1) is 0 Å². The predicted octanol–water partition coefficient (Wildman–Crippen LogP) is 3.23. The van der Waals surface area contributed by atoms with Crippen LogP contribution < -0.4 is 5.14 Å². The topological polar surface area (TPSA) is 97.5 Å². The molecule has 0 amide bonds. The van der Waals surface area contributed by atoms with E-state index < -0.39 is 21.2 Å². The highest BCUT2D eigenvalue weighted by molar-refractivity contribution is 7.90. The van der Waals surface area contributed by atoms with Crippen LogP contribution in [0.1, 0.15) is 40.0 Å². The van der Waals surface area contributed by atoms with E-state index >= 15 is 0 Å². The minimum absolute atomic E-state index is 0.553. The van der Waals surface area contributed by atoms with Gasteiger partial charge in [0.15, 0.2) is 0 Å². The molecule has 132 valence electrons. The Bertz CT molecular complexity index is 737. The number of rotatable bonds is 6. The van der Waals surface area contributed by atoms with Crippen molar-refractivity contribution in [3.05, 3.63) is 58.7 Å². The van der Waals surface area contributed by atoms with Crippen molar-refractivity contribution in [2.75, 3.05) is 0 Å². The summed E-state index contributed by atoms with van der Waals surface area (Å²) in [7, 11) is -3.60. The Hall–Kier alpha value is -1.92. The Labute approximate surface area is 144 Å². The fourth-order valence-corrected chi connectivity index (χ4v) is 3.72. The standard InChI is InChI=1S/C18H25NO4S/c1-13(6-4-7-14(2)12-18(20)21)10-11-16-15(3)8-5-9-17(16)24(19,22)23/h4,6-7,10-12,17H,5,8-9H2,1-3H3,(H,20,21)(H2,19,22,23)/b7-4+,11-10+,13-6+,14-12+/t17-/m0/s1. The maximum Gasteiger partial charge on any atom is 0.328 e. The molecular weight excluding hydrogens is 326 g/mol. The van der Waals surface area contributed by atoms with Gasteiger partial charge in [-0.3, -0.25) is 0 Å². The maximum atomic E-state index is 11.8. The number of allylic oxidation sites excluding steroid dienone is 8. The molecule has 0 bridgehead atoms. The Kier molecular flexibility index (Phi) is 7.38. The molecule has 0 aromatic rings. The lowest BCUT2D eigenvalue weighted by Gasteiger charge is -2.23. The second kappa shape index (κ2) is 8.80. The average Bonchev–Trinajstić information content (AvgIpc) is 2.43. The smallest absolute Gasteiger partial charge is 0.328 e. The molecule has 5 nitrogen and oxygen atoms in total. The lowest BCUT2D eigenvalue weighted by molar-refractivity contribution is -0.131. The fourth-order valence-electron chi connectivity index (χ4n) is 2.59. The van der Waals surface area contributed by atoms with E-state index in [2.05, 4.69) is 0 Å². The molecule has 24 heavy (non-hydrogen) atoms. The Balaban J connectivity index is 2.91. The zero-order chi connectivity index (χ0) is 18.3. The number of nitrogens with two attached hydrogens (primary N) is 1. The van der Waals surface area contributed by atoms with Crippen molar-refractivity contribution in [2.45, 2.75) is 45.3 Å². The molecule has 6 heteroatoms. The minimum atomic E-state index is -3.60. The average molecular weight is 351 g/mol. The highest BCUT2D eigenvalue weighted by Crippen LogP contribution is 2.29. The van der Waals surface area contributed by atoms with E-state index in [-0.39, 0.29) is 0 Å². The van der Waals surface area contributed by atoms with Gasteiger partial charge >= 0.3 is 5.97 Å². The van der Waals surface area contributed by atoms with Gasteiger partial charge in [-0.05, 0) is 51.2 Å². The first-order chi connectivity index (χ1) is 11.1. The first-order valence-electron chi connectivity index (χ1n) is 7.76. The van der Waals surface area contributed by atoms with Gasteiger partial charge in [-0.1, -0.05) is 41.5 Å². The van der Waals surface area contributed by atoms with Crippen LogP contribution >= 0.6 is 0 Å². The van der Waals surface area contributed by atoms with Gasteiger partial charge in [-0.2, -0.15) is 0 Å². The quantitative estimate of drug-likeness (QED) is 0.567. The van der Waals surface area contributed by atoms with Crippen molar-refractivity contribution in [3.63, 3.8) is 0 Å². The molecule has 1 aliphatic rings. The van der Waals surface area contributed by atoms with Crippen LogP contribution in [0.4, 0.5) is 0 Å². The SMILES string of the molecule is CC1=C(/C=C/C(C)=C/C=C/C(C)=C/C(=O)O)[C@@H](S(N)(=O)=O)CCC1. The molecule has 1 atom stereocenters. The monoisotopic (exact) mass is 351 g/mol. The first-order valence-corrected chi connectivity index (χ1v) is 9.37. The van der Waals surface area contributed by atoms with Crippen LogP contribution in [0.3, 0.4) is 0 Å². The van der Waals surface area contributed by atoms with Gasteiger partial charge < -0.3 is 5.11 Å². The molecule has 0 aromatic heterocycles. The number of carbonyl (C=O) groups is 1. The molecule has 0 saturated carbocycles. The molecule has 0 fully saturated rings. The van der Waals surface area contributed by atoms with E-state index in [0.717, 1.165) is 35.6 Å². The van der Waals surface area contributed by atoms with Gasteiger partial charge in [-0.25, -0.2) is 18.4 Å². The lowest BCUT2D eigenvalue weighted by atomic mass is 9.91. The number of carboxylic acid groups (broad SMARTS) is 1. The summed E-state index contributed by atoms with van der Waals surface area (Å²) in [5, 5.41) is 13.3. The lowest BCUT2D eigenvalue weighted by Crippen LogP contribution is -2.32. The van der Waals surface area contributed by atoms with Crippen LogP contribution in [0.5, 0.6) is 0 Å². The normalized spacial score (nSPS) is 21.1. The minimum Gasteiger partial charge on any atom is -0.478 e. The van der Waals surface area contributed by atoms with E-state index in [1.54, 1.807) is 19.1 Å². The number of hydrogen-bond acceptors (Lipinski definition) is 3. The van der Waals surface area contributed by atoms with Crippen LogP contribution in [-0.2, 0) is 14.8 Å². The van der Waals surface area contributed by atoms with Crippen molar-refractivity contribution >= 4 is 16.0 Å². The fraction of sp³-hybridized carbons (Fsp3) is 0.389. The maximum absolute atomic E-state index is 11.8. The Morgan fingerprint density at radius 3 is 2.50 bits per heavy atom. The summed E-state index contributed by atoms with van der Waals surface area (Å²) in [6, 6.07) is 0. The second-order valence-corrected chi connectivity index (χ2v) is 7.78. The zero-order valence-electron chi connectivity index (χ0n) is 14.3. The van der Waals surface area contributed by atoms with Crippen LogP contribution in [-0.4, -0.2) is 24.7 Å². The molecule has 0 spiro atoms. The number of sulfonamides is 1. The summed E-state index contributed by atoms with van der Waals surface area (Å²) < 4.78 is 23.5. The summed E-state index contributed by atoms with van der Waals surface area (Å²) in [5.41, 5.74) is 3.40. The van der Waals surface area contributed by atoms with Crippen LogP contribution in [0.15, 0.2) is 58.7 Å². The van der Waals surface area contributed by atoms with E-state index in [1.165, 1.54) is 0 Å². The molecule has 0 radical (unpaired) electrons. The molecule has 0 aliphatic heterocycles. The van der Waals surface area contributed by atoms with E-state index in [0.29, 0.717) is 12.0 Å². The molecule has 3 N–H and O–H groups in total. The van der Waals surface area contributed by atoms with Gasteiger partial charge in [0, 0.05) is 6.08 Å². The molecular formula is C18H25NO4S. The second-order valence-electron chi connectivity index (χ2n) is 6.04. The summed E-state index contributed by atoms with van der Waals surface area (Å²) in [6.45, 7) is 5.54. The molecule has 0 unspecified atom stereocenters. The number of primary sulfonamides is 1. The van der Waals surface area contributed by atoms with Gasteiger partial charge in [0.2, 0.25) is 10.0 Å². The van der Waals surface area contributed by atoms with Crippen LogP contribution in [0, 0.1) is 0 Å². The highest BCUT2D eigenvalue weighted by atomic mass is 32.2. The van der Waals surface area contributed by atoms with E-state index in [4.69, 9.17) is 10.2 Å². The molecule has 0 heterocycles. The third-order valence-corrected chi connectivity index (χ3v) is 5.13. The molecule has 0 aromatic carbocycles. The predicted molar refractivity (Wildman–Crippen MR) is 96.9 cm³/mol. The van der Waals surface area contributed by atoms with Gasteiger partial charge in [-0.15, -0.1) is 0 Å². The van der Waals surface area contributed by atoms with Crippen molar-refractivity contribution in [2.24, 2.45) is 5.14 Å². The summed E-state index contributed by atoms with van der Waals surface area (Å²) in [4.78, 5) is 10.5. The van der Waals surface area contributed by atoms with Crippen LogP contribution in [0.25, 0.3) is 0 Å². The largest absolute Gasteiger partial charge is 0.478 e. The van der Waals surface area contributed by atoms with Crippen molar-refractivity contribution < 1.29 is 18.3 Å². The number of carboxylic acids is 1. The van der Waals surface area contributed by atoms with Gasteiger partial charge in [0.1, 0.15) is 5.25 Å². The number of aliphatic carboxylic acids is 1. The first kappa shape index (κ1) is 20.1. The highest BCUT2D eigenvalue weighted by Gasteiger charge is 2.28. The van der Waals surface area contributed by atoms with E-state index in [9.17, 15) is 13.2 Å². The molecule has 0 saturated heterocycles. The third-order valence-electron chi connectivity index (χ3n) is 3.85. The molecule has 1 rings (SSSR count). The van der Waals surface area contributed by atoms with Crippen LogP contribution in [0.2, 0.25) is 0 Å². The van der Waals surface area contributed by atoms with Crippen molar-refractivity contribution in [1.82, 2.24) is 0 Å². The summed E-state index contributed by atoms with van der Waals surface area (Å²) in [5.74, 6) is -0.980. The van der Waals surface area contributed by atoms with Crippen molar-refractivity contribution in [1.29, 1.82) is 0 Å². The third kappa shape index (κ3) is 6.68. The zero-order valence-corrected chi connectivity index (χ0v) is 15.1. The van der Waals surface area contributed by atoms with E-state index in [1.807, 2.05) is 32.1 Å². The molecule has 1 aliphatic carbocycles. The number of hydrogen-bond donors (Lipinski definition) is 2.